The Morgan fingerprint density at radius 3 is 2.26 bits per heavy atom. The minimum absolute atomic E-state index is 0.288. The van der Waals surface area contributed by atoms with E-state index < -0.39 is 0 Å². The standard InChI is InChI=1S/C16H32N2O/c1-16(2)12-17(3)15(11-19)10-18(13-16)14-8-6-4-5-7-9-14/h14-15,19H,4-13H2,1-3H3. The van der Waals surface area contributed by atoms with Gasteiger partial charge in [0.2, 0.25) is 0 Å². The monoisotopic (exact) mass is 268 g/mol. The van der Waals surface area contributed by atoms with Gasteiger partial charge in [-0.3, -0.25) is 9.80 Å². The van der Waals surface area contributed by atoms with Crippen LogP contribution in [0.5, 0.6) is 0 Å². The van der Waals surface area contributed by atoms with E-state index in [1.807, 2.05) is 0 Å². The summed E-state index contributed by atoms with van der Waals surface area (Å²) in [5, 5.41) is 9.66. The fraction of sp³-hybridized carbons (Fsp3) is 1.00. The van der Waals surface area contributed by atoms with Gasteiger partial charge in [-0.25, -0.2) is 0 Å². The molecule has 1 unspecified atom stereocenters. The lowest BCUT2D eigenvalue weighted by atomic mass is 9.91. The molecule has 1 saturated heterocycles. The zero-order valence-electron chi connectivity index (χ0n) is 13.1. The van der Waals surface area contributed by atoms with E-state index in [0.717, 1.165) is 19.1 Å². The van der Waals surface area contributed by atoms with Crippen molar-refractivity contribution in [3.8, 4) is 0 Å². The molecule has 1 atom stereocenters. The van der Waals surface area contributed by atoms with Gasteiger partial charge < -0.3 is 5.11 Å². The number of nitrogens with zero attached hydrogens (tertiary/aromatic N) is 2. The molecule has 0 radical (unpaired) electrons. The molecule has 0 aromatic rings. The fourth-order valence-electron chi connectivity index (χ4n) is 3.98. The molecule has 1 N–H and O–H groups in total. The maximum atomic E-state index is 9.66. The quantitative estimate of drug-likeness (QED) is 0.779. The van der Waals surface area contributed by atoms with E-state index in [9.17, 15) is 5.11 Å². The summed E-state index contributed by atoms with van der Waals surface area (Å²) < 4.78 is 0. The third-order valence-corrected chi connectivity index (χ3v) is 4.93. The summed E-state index contributed by atoms with van der Waals surface area (Å²) in [6, 6.07) is 1.06. The summed E-state index contributed by atoms with van der Waals surface area (Å²) in [7, 11) is 2.17. The van der Waals surface area contributed by atoms with Crippen molar-refractivity contribution < 1.29 is 5.11 Å². The van der Waals surface area contributed by atoms with Crippen LogP contribution in [0.15, 0.2) is 0 Å². The number of aliphatic hydroxyl groups is 1. The maximum absolute atomic E-state index is 9.66. The van der Waals surface area contributed by atoms with Crippen LogP contribution in [0, 0.1) is 5.41 Å². The van der Waals surface area contributed by atoms with Gasteiger partial charge in [0.1, 0.15) is 0 Å². The van der Waals surface area contributed by atoms with Crippen molar-refractivity contribution in [3.63, 3.8) is 0 Å². The van der Waals surface area contributed by atoms with E-state index in [1.54, 1.807) is 0 Å². The Balaban J connectivity index is 2.08. The van der Waals surface area contributed by atoms with Crippen molar-refractivity contribution in [2.75, 3.05) is 33.3 Å². The highest BCUT2D eigenvalue weighted by Crippen LogP contribution is 2.29. The molecule has 1 heterocycles. The molecule has 0 aromatic heterocycles. The second-order valence-corrected chi connectivity index (χ2v) is 7.49. The highest BCUT2D eigenvalue weighted by Gasteiger charge is 2.34. The van der Waals surface area contributed by atoms with Crippen molar-refractivity contribution in [2.45, 2.75) is 64.5 Å². The lowest BCUT2D eigenvalue weighted by Gasteiger charge is -2.35. The summed E-state index contributed by atoms with van der Waals surface area (Å²) in [5.74, 6) is 0. The maximum Gasteiger partial charge on any atom is 0.0599 e. The van der Waals surface area contributed by atoms with Crippen LogP contribution in [-0.2, 0) is 0 Å². The zero-order chi connectivity index (χ0) is 13.9. The van der Waals surface area contributed by atoms with Gasteiger partial charge in [0.25, 0.3) is 0 Å². The molecule has 1 aliphatic heterocycles. The van der Waals surface area contributed by atoms with Gasteiger partial charge in [0, 0.05) is 31.7 Å². The predicted molar refractivity (Wildman–Crippen MR) is 80.3 cm³/mol. The van der Waals surface area contributed by atoms with E-state index in [0.29, 0.717) is 11.5 Å². The predicted octanol–water partition coefficient (Wildman–Crippen LogP) is 2.34. The molecule has 1 saturated carbocycles. The first-order chi connectivity index (χ1) is 9.02. The number of aliphatic hydroxyl groups excluding tert-OH is 1. The smallest absolute Gasteiger partial charge is 0.0599 e. The minimum Gasteiger partial charge on any atom is -0.395 e. The SMILES string of the molecule is CN1CC(C)(C)CN(C2CCCCCC2)CC1CO. The van der Waals surface area contributed by atoms with Gasteiger partial charge in [-0.15, -0.1) is 0 Å². The second-order valence-electron chi connectivity index (χ2n) is 7.49. The third-order valence-electron chi connectivity index (χ3n) is 4.93. The molecule has 112 valence electrons. The molecule has 0 aromatic carbocycles. The molecule has 2 fully saturated rings. The highest BCUT2D eigenvalue weighted by atomic mass is 16.3. The molecule has 0 bridgehead atoms. The van der Waals surface area contributed by atoms with Crippen molar-refractivity contribution in [1.29, 1.82) is 0 Å². The van der Waals surface area contributed by atoms with Gasteiger partial charge in [-0.2, -0.15) is 0 Å². The van der Waals surface area contributed by atoms with E-state index >= 15 is 0 Å². The first kappa shape index (κ1) is 15.3. The normalized spacial score (nSPS) is 31.9. The highest BCUT2D eigenvalue weighted by molar-refractivity contribution is 4.89. The van der Waals surface area contributed by atoms with Crippen LogP contribution >= 0.6 is 0 Å². The van der Waals surface area contributed by atoms with Crippen molar-refractivity contribution in [3.05, 3.63) is 0 Å². The Hall–Kier alpha value is -0.120. The van der Waals surface area contributed by atoms with Gasteiger partial charge >= 0.3 is 0 Å². The zero-order valence-corrected chi connectivity index (χ0v) is 13.1. The van der Waals surface area contributed by atoms with Crippen LogP contribution in [-0.4, -0.2) is 60.3 Å². The van der Waals surface area contributed by atoms with Crippen LogP contribution < -0.4 is 0 Å². The lowest BCUT2D eigenvalue weighted by molar-refractivity contribution is 0.108. The van der Waals surface area contributed by atoms with Gasteiger partial charge in [-0.05, 0) is 25.3 Å². The minimum atomic E-state index is 0.288. The van der Waals surface area contributed by atoms with E-state index in [4.69, 9.17) is 0 Å². The van der Waals surface area contributed by atoms with Gasteiger partial charge in [-0.1, -0.05) is 39.5 Å². The molecule has 0 amide bonds. The molecule has 3 heteroatoms. The summed E-state index contributed by atoms with van der Waals surface area (Å²) in [6.07, 6.45) is 8.33. The van der Waals surface area contributed by atoms with Crippen molar-refractivity contribution in [1.82, 2.24) is 9.80 Å². The fourth-order valence-corrected chi connectivity index (χ4v) is 3.98. The van der Waals surface area contributed by atoms with Crippen LogP contribution in [0.4, 0.5) is 0 Å². The molecular formula is C16H32N2O. The lowest BCUT2D eigenvalue weighted by Crippen LogP contribution is -2.45. The van der Waals surface area contributed by atoms with Crippen LogP contribution in [0.3, 0.4) is 0 Å². The number of rotatable bonds is 2. The number of likely N-dealkylation sites (N-methyl/N-ethyl adjacent to an activating group) is 1. The summed E-state index contributed by atoms with van der Waals surface area (Å²) in [4.78, 5) is 5.05. The molecule has 1 aliphatic carbocycles. The van der Waals surface area contributed by atoms with Crippen LogP contribution in [0.25, 0.3) is 0 Å². The second kappa shape index (κ2) is 6.55. The van der Waals surface area contributed by atoms with E-state index in [2.05, 4.69) is 30.7 Å². The van der Waals surface area contributed by atoms with E-state index in [-0.39, 0.29) is 6.61 Å². The molecule has 2 aliphatic rings. The third kappa shape index (κ3) is 4.17. The average molecular weight is 268 g/mol. The summed E-state index contributed by atoms with van der Waals surface area (Å²) in [6.45, 7) is 8.33. The Morgan fingerprint density at radius 1 is 1.05 bits per heavy atom. The molecule has 19 heavy (non-hydrogen) atoms. The van der Waals surface area contributed by atoms with Crippen molar-refractivity contribution in [2.24, 2.45) is 5.41 Å². The Kier molecular flexibility index (Phi) is 5.27. The van der Waals surface area contributed by atoms with Crippen LogP contribution in [0.2, 0.25) is 0 Å². The number of hydrogen-bond donors (Lipinski definition) is 1. The first-order valence-electron chi connectivity index (χ1n) is 8.07. The van der Waals surface area contributed by atoms with Crippen LogP contribution in [0.1, 0.15) is 52.4 Å². The van der Waals surface area contributed by atoms with Gasteiger partial charge in [0.15, 0.2) is 0 Å². The average Bonchev–Trinajstić information content (AvgIpc) is 2.66. The van der Waals surface area contributed by atoms with Crippen molar-refractivity contribution >= 4 is 0 Å². The molecule has 0 spiro atoms. The Labute approximate surface area is 119 Å². The Morgan fingerprint density at radius 2 is 1.68 bits per heavy atom. The summed E-state index contributed by atoms with van der Waals surface area (Å²) >= 11 is 0. The van der Waals surface area contributed by atoms with Gasteiger partial charge in [0.05, 0.1) is 6.61 Å². The molecular weight excluding hydrogens is 236 g/mol. The molecule has 3 nitrogen and oxygen atoms in total. The first-order valence-corrected chi connectivity index (χ1v) is 8.07. The van der Waals surface area contributed by atoms with E-state index in [1.165, 1.54) is 45.1 Å². The number of hydrogen-bond acceptors (Lipinski definition) is 3. The summed E-state index contributed by atoms with van der Waals surface area (Å²) in [5.41, 5.74) is 0.324. The molecule has 2 rings (SSSR count). The Bertz CT molecular complexity index is 272. The largest absolute Gasteiger partial charge is 0.395 e. The topological polar surface area (TPSA) is 26.7 Å².